The average molecular weight is 347 g/mol. The van der Waals surface area contributed by atoms with Crippen molar-refractivity contribution in [3.8, 4) is 0 Å². The van der Waals surface area contributed by atoms with E-state index in [9.17, 15) is 13.2 Å². The number of piperidine rings is 1. The van der Waals surface area contributed by atoms with Crippen LogP contribution in [0.3, 0.4) is 0 Å². The molecule has 0 radical (unpaired) electrons. The van der Waals surface area contributed by atoms with Crippen molar-refractivity contribution in [2.45, 2.75) is 19.8 Å². The number of aromatic nitrogens is 1. The Labute approximate surface area is 141 Å². The van der Waals surface area contributed by atoms with Crippen LogP contribution in [0.15, 0.2) is 36.5 Å². The number of hydrogen-bond donors (Lipinski definition) is 1. The molecule has 24 heavy (non-hydrogen) atoms. The molecule has 2 aromatic rings. The molecule has 1 aliphatic rings. The summed E-state index contributed by atoms with van der Waals surface area (Å²) in [5.41, 5.74) is 1.58. The van der Waals surface area contributed by atoms with Crippen LogP contribution in [0.5, 0.6) is 0 Å². The van der Waals surface area contributed by atoms with Crippen LogP contribution in [-0.2, 0) is 14.8 Å². The lowest BCUT2D eigenvalue weighted by molar-refractivity contribution is -0.120. The highest BCUT2D eigenvalue weighted by Gasteiger charge is 2.30. The molecule has 0 atom stereocenters. The Kier molecular flexibility index (Phi) is 4.82. The van der Waals surface area contributed by atoms with E-state index < -0.39 is 10.0 Å². The number of fused-ring (bicyclic) bond motifs is 1. The molecule has 7 heteroatoms. The lowest BCUT2D eigenvalue weighted by Crippen LogP contribution is -2.42. The number of anilines is 1. The number of pyridine rings is 1. The largest absolute Gasteiger partial charge is 0.325 e. The van der Waals surface area contributed by atoms with Gasteiger partial charge in [0.15, 0.2) is 0 Å². The fourth-order valence-electron chi connectivity index (χ4n) is 3.03. The fraction of sp³-hybridized carbons (Fsp3) is 0.412. The smallest absolute Gasteiger partial charge is 0.227 e. The van der Waals surface area contributed by atoms with Gasteiger partial charge in [-0.05, 0) is 44.0 Å². The first-order valence-electron chi connectivity index (χ1n) is 8.13. The van der Waals surface area contributed by atoms with Gasteiger partial charge < -0.3 is 5.32 Å². The second kappa shape index (κ2) is 6.86. The predicted molar refractivity (Wildman–Crippen MR) is 94.1 cm³/mol. The van der Waals surface area contributed by atoms with E-state index in [2.05, 4.69) is 10.3 Å². The summed E-state index contributed by atoms with van der Waals surface area (Å²) in [6, 6.07) is 9.39. The first-order chi connectivity index (χ1) is 11.5. The van der Waals surface area contributed by atoms with Gasteiger partial charge in [0.1, 0.15) is 0 Å². The highest BCUT2D eigenvalue weighted by Crippen LogP contribution is 2.25. The quantitative estimate of drug-likeness (QED) is 0.920. The van der Waals surface area contributed by atoms with Gasteiger partial charge in [0.05, 0.1) is 17.0 Å². The standard InChI is InChI=1S/C17H21N3O3S/c1-2-24(22,23)20-11-8-13(9-12-20)17(21)19-16-7-3-6-15-14(16)5-4-10-18-15/h3-7,10,13H,2,8-9,11-12H2,1H3,(H,19,21). The van der Waals surface area contributed by atoms with E-state index in [4.69, 9.17) is 0 Å². The SMILES string of the molecule is CCS(=O)(=O)N1CCC(C(=O)Nc2cccc3ncccc23)CC1. The molecule has 6 nitrogen and oxygen atoms in total. The third-order valence-corrected chi connectivity index (χ3v) is 6.37. The van der Waals surface area contributed by atoms with Gasteiger partial charge in [0.2, 0.25) is 15.9 Å². The van der Waals surface area contributed by atoms with Crippen molar-refractivity contribution in [1.29, 1.82) is 0 Å². The van der Waals surface area contributed by atoms with Crippen LogP contribution >= 0.6 is 0 Å². The molecule has 0 aliphatic carbocycles. The molecule has 0 bridgehead atoms. The second-order valence-corrected chi connectivity index (χ2v) is 8.20. The van der Waals surface area contributed by atoms with Crippen LogP contribution in [0.2, 0.25) is 0 Å². The first kappa shape index (κ1) is 16.9. The third kappa shape index (κ3) is 3.42. The van der Waals surface area contributed by atoms with Gasteiger partial charge in [-0.25, -0.2) is 12.7 Å². The maximum atomic E-state index is 12.5. The van der Waals surface area contributed by atoms with Gasteiger partial charge in [-0.15, -0.1) is 0 Å². The number of amides is 1. The highest BCUT2D eigenvalue weighted by atomic mass is 32.2. The number of nitrogens with zero attached hydrogens (tertiary/aromatic N) is 2. The number of sulfonamides is 1. The maximum absolute atomic E-state index is 12.5. The van der Waals surface area contributed by atoms with E-state index in [1.807, 2.05) is 30.3 Å². The Morgan fingerprint density at radius 2 is 2.00 bits per heavy atom. The molecular formula is C17H21N3O3S. The van der Waals surface area contributed by atoms with Gasteiger partial charge in [0.25, 0.3) is 0 Å². The Balaban J connectivity index is 1.68. The minimum absolute atomic E-state index is 0.0556. The van der Waals surface area contributed by atoms with Crippen molar-refractivity contribution < 1.29 is 13.2 Å². The van der Waals surface area contributed by atoms with Crippen molar-refractivity contribution in [3.05, 3.63) is 36.5 Å². The maximum Gasteiger partial charge on any atom is 0.227 e. The van der Waals surface area contributed by atoms with Crippen molar-refractivity contribution in [3.63, 3.8) is 0 Å². The zero-order valence-electron chi connectivity index (χ0n) is 13.6. The molecule has 2 heterocycles. The van der Waals surface area contributed by atoms with Crippen LogP contribution in [0.4, 0.5) is 5.69 Å². The minimum atomic E-state index is -3.16. The summed E-state index contributed by atoms with van der Waals surface area (Å²) in [6.07, 6.45) is 2.82. The molecule has 1 aromatic carbocycles. The summed E-state index contributed by atoms with van der Waals surface area (Å²) < 4.78 is 25.3. The lowest BCUT2D eigenvalue weighted by Gasteiger charge is -2.30. The number of benzene rings is 1. The number of rotatable bonds is 4. The third-order valence-electron chi connectivity index (χ3n) is 4.49. The molecule has 1 saturated heterocycles. The van der Waals surface area contributed by atoms with Crippen molar-refractivity contribution in [1.82, 2.24) is 9.29 Å². The van der Waals surface area contributed by atoms with Crippen LogP contribution in [0, 0.1) is 5.92 Å². The van der Waals surface area contributed by atoms with Gasteiger partial charge in [0, 0.05) is 30.6 Å². The van der Waals surface area contributed by atoms with E-state index >= 15 is 0 Å². The monoisotopic (exact) mass is 347 g/mol. The van der Waals surface area contributed by atoms with E-state index in [0.717, 1.165) is 16.6 Å². The van der Waals surface area contributed by atoms with Gasteiger partial charge in [-0.3, -0.25) is 9.78 Å². The van der Waals surface area contributed by atoms with Gasteiger partial charge >= 0.3 is 0 Å². The van der Waals surface area contributed by atoms with E-state index in [1.54, 1.807) is 13.1 Å². The predicted octanol–water partition coefficient (Wildman–Crippen LogP) is 2.24. The molecular weight excluding hydrogens is 326 g/mol. The molecule has 0 spiro atoms. The zero-order chi connectivity index (χ0) is 17.2. The number of carbonyl (C=O) groups is 1. The summed E-state index contributed by atoms with van der Waals surface area (Å²) in [6.45, 7) is 2.46. The molecule has 1 N–H and O–H groups in total. The van der Waals surface area contributed by atoms with Gasteiger partial charge in [-0.2, -0.15) is 0 Å². The zero-order valence-corrected chi connectivity index (χ0v) is 14.4. The molecule has 1 amide bonds. The average Bonchev–Trinajstić information content (AvgIpc) is 2.62. The summed E-state index contributed by atoms with van der Waals surface area (Å²) in [4.78, 5) is 16.8. The fourth-order valence-corrected chi connectivity index (χ4v) is 4.16. The molecule has 1 aromatic heterocycles. The van der Waals surface area contributed by atoms with Crippen LogP contribution < -0.4 is 5.32 Å². The molecule has 3 rings (SSSR count). The molecule has 0 unspecified atom stereocenters. The molecule has 0 saturated carbocycles. The highest BCUT2D eigenvalue weighted by molar-refractivity contribution is 7.89. The number of nitrogens with one attached hydrogen (secondary N) is 1. The van der Waals surface area contributed by atoms with Crippen LogP contribution in [0.1, 0.15) is 19.8 Å². The Hall–Kier alpha value is -1.99. The second-order valence-electron chi connectivity index (χ2n) is 5.94. The van der Waals surface area contributed by atoms with Crippen LogP contribution in [0.25, 0.3) is 10.9 Å². The Bertz CT molecular complexity index is 838. The van der Waals surface area contributed by atoms with E-state index in [0.29, 0.717) is 25.9 Å². The summed E-state index contributed by atoms with van der Waals surface area (Å²) in [5.74, 6) is -0.118. The topological polar surface area (TPSA) is 79.4 Å². The number of hydrogen-bond acceptors (Lipinski definition) is 4. The molecule has 1 aliphatic heterocycles. The van der Waals surface area contributed by atoms with Crippen molar-refractivity contribution >= 4 is 32.5 Å². The van der Waals surface area contributed by atoms with E-state index in [1.165, 1.54) is 4.31 Å². The minimum Gasteiger partial charge on any atom is -0.325 e. The van der Waals surface area contributed by atoms with E-state index in [-0.39, 0.29) is 17.6 Å². The lowest BCUT2D eigenvalue weighted by atomic mass is 9.97. The molecule has 128 valence electrons. The Morgan fingerprint density at radius 1 is 1.25 bits per heavy atom. The number of carbonyl (C=O) groups excluding carboxylic acids is 1. The first-order valence-corrected chi connectivity index (χ1v) is 9.74. The molecule has 1 fully saturated rings. The normalized spacial score (nSPS) is 17.0. The van der Waals surface area contributed by atoms with Gasteiger partial charge in [-0.1, -0.05) is 6.07 Å². The summed E-state index contributed by atoms with van der Waals surface area (Å²) in [5, 5.41) is 3.88. The van der Waals surface area contributed by atoms with Crippen LogP contribution in [-0.4, -0.2) is 42.5 Å². The Morgan fingerprint density at radius 3 is 2.71 bits per heavy atom. The van der Waals surface area contributed by atoms with Crippen molar-refractivity contribution in [2.24, 2.45) is 5.92 Å². The summed E-state index contributed by atoms with van der Waals surface area (Å²) in [7, 11) is -3.16. The van der Waals surface area contributed by atoms with Crippen molar-refractivity contribution in [2.75, 3.05) is 24.2 Å². The summed E-state index contributed by atoms with van der Waals surface area (Å²) >= 11 is 0.